The number of hydrogen-bond donors (Lipinski definition) is 0. The van der Waals surface area contributed by atoms with Crippen LogP contribution >= 0.6 is 0 Å². The highest BCUT2D eigenvalue weighted by Crippen LogP contribution is 2.30. The highest BCUT2D eigenvalue weighted by Gasteiger charge is 2.31. The molecule has 0 amide bonds. The number of fused-ring (bicyclic) bond motifs is 1. The number of ether oxygens (including phenoxy) is 2. The first-order valence-electron chi connectivity index (χ1n) is 9.96. The molecule has 1 fully saturated rings. The zero-order chi connectivity index (χ0) is 21.2. The SMILES string of the molecule is CCOC(=O)c1cc2cc(OC3CCN(C(C)C)CC3)ccc2n1CC(F)(F)F. The summed E-state index contributed by atoms with van der Waals surface area (Å²) in [7, 11) is 0. The quantitative estimate of drug-likeness (QED) is 0.649. The summed E-state index contributed by atoms with van der Waals surface area (Å²) in [5.74, 6) is -0.170. The molecule has 1 aromatic carbocycles. The van der Waals surface area contributed by atoms with Gasteiger partial charge in [-0.15, -0.1) is 0 Å². The normalized spacial score (nSPS) is 16.5. The lowest BCUT2D eigenvalue weighted by molar-refractivity contribution is -0.140. The van der Waals surface area contributed by atoms with Crippen LogP contribution in [0.25, 0.3) is 10.9 Å². The van der Waals surface area contributed by atoms with E-state index in [0.717, 1.165) is 30.5 Å². The molecule has 0 atom stereocenters. The fourth-order valence-corrected chi connectivity index (χ4v) is 3.75. The van der Waals surface area contributed by atoms with Gasteiger partial charge in [-0.1, -0.05) is 0 Å². The van der Waals surface area contributed by atoms with Crippen molar-refractivity contribution in [2.24, 2.45) is 0 Å². The fourth-order valence-electron chi connectivity index (χ4n) is 3.75. The highest BCUT2D eigenvalue weighted by molar-refractivity contribution is 5.96. The third kappa shape index (κ3) is 5.23. The largest absolute Gasteiger partial charge is 0.490 e. The van der Waals surface area contributed by atoms with E-state index in [1.165, 1.54) is 6.07 Å². The van der Waals surface area contributed by atoms with Crippen molar-refractivity contribution in [3.63, 3.8) is 0 Å². The number of aromatic nitrogens is 1. The molecule has 0 saturated carbocycles. The van der Waals surface area contributed by atoms with Gasteiger partial charge in [-0.3, -0.25) is 0 Å². The van der Waals surface area contributed by atoms with E-state index in [9.17, 15) is 18.0 Å². The lowest BCUT2D eigenvalue weighted by Gasteiger charge is -2.34. The van der Waals surface area contributed by atoms with Gasteiger partial charge in [-0.05, 0) is 57.9 Å². The summed E-state index contributed by atoms with van der Waals surface area (Å²) in [6, 6.07) is 6.87. The minimum absolute atomic E-state index is 0.0734. The molecule has 1 saturated heterocycles. The van der Waals surface area contributed by atoms with Crippen LogP contribution in [0.15, 0.2) is 24.3 Å². The average Bonchev–Trinajstić information content (AvgIpc) is 2.98. The van der Waals surface area contributed by atoms with Crippen molar-refractivity contribution >= 4 is 16.9 Å². The standard InChI is InChI=1S/C21H27F3N2O3/c1-4-28-20(27)19-12-15-11-17(5-6-18(15)26(19)13-21(22,23)24)29-16-7-9-25(10-8-16)14(2)3/h5-6,11-12,14,16H,4,7-10,13H2,1-3H3. The average molecular weight is 412 g/mol. The predicted molar refractivity (Wildman–Crippen MR) is 104 cm³/mol. The molecule has 3 rings (SSSR count). The number of carbonyl (C=O) groups is 1. The van der Waals surface area contributed by atoms with Crippen molar-refractivity contribution in [3.05, 3.63) is 30.0 Å². The first-order valence-corrected chi connectivity index (χ1v) is 9.96. The van der Waals surface area contributed by atoms with E-state index in [2.05, 4.69) is 18.7 Å². The Morgan fingerprint density at radius 3 is 2.48 bits per heavy atom. The van der Waals surface area contributed by atoms with Crippen LogP contribution in [0.2, 0.25) is 0 Å². The van der Waals surface area contributed by atoms with Crippen molar-refractivity contribution in [1.29, 1.82) is 0 Å². The number of benzene rings is 1. The third-order valence-electron chi connectivity index (χ3n) is 5.20. The zero-order valence-electron chi connectivity index (χ0n) is 17.0. The number of likely N-dealkylation sites (tertiary alicyclic amines) is 1. The van der Waals surface area contributed by atoms with Crippen LogP contribution in [-0.2, 0) is 11.3 Å². The molecule has 29 heavy (non-hydrogen) atoms. The number of alkyl halides is 3. The molecule has 0 spiro atoms. The van der Waals surface area contributed by atoms with Gasteiger partial charge in [-0.25, -0.2) is 4.79 Å². The molecule has 0 N–H and O–H groups in total. The molecule has 1 aliphatic heterocycles. The summed E-state index contributed by atoms with van der Waals surface area (Å²) < 4.78 is 51.1. The van der Waals surface area contributed by atoms with Gasteiger partial charge in [0.15, 0.2) is 0 Å². The monoisotopic (exact) mass is 412 g/mol. The highest BCUT2D eigenvalue weighted by atomic mass is 19.4. The summed E-state index contributed by atoms with van der Waals surface area (Å²) >= 11 is 0. The van der Waals surface area contributed by atoms with E-state index in [1.54, 1.807) is 25.1 Å². The summed E-state index contributed by atoms with van der Waals surface area (Å²) in [5, 5.41) is 0.523. The maximum atomic E-state index is 13.1. The Morgan fingerprint density at radius 2 is 1.90 bits per heavy atom. The van der Waals surface area contributed by atoms with Crippen LogP contribution in [0.1, 0.15) is 44.1 Å². The third-order valence-corrected chi connectivity index (χ3v) is 5.20. The number of nitrogens with zero attached hydrogens (tertiary/aromatic N) is 2. The van der Waals surface area contributed by atoms with Crippen LogP contribution in [0.4, 0.5) is 13.2 Å². The fraction of sp³-hybridized carbons (Fsp3) is 0.571. The smallest absolute Gasteiger partial charge is 0.406 e. The van der Waals surface area contributed by atoms with Gasteiger partial charge >= 0.3 is 12.1 Å². The number of piperidine rings is 1. The number of carbonyl (C=O) groups excluding carboxylic acids is 1. The molecule has 1 aromatic heterocycles. The molecule has 0 unspecified atom stereocenters. The summed E-state index contributed by atoms with van der Waals surface area (Å²) in [5.41, 5.74) is 0.217. The minimum atomic E-state index is -4.45. The first kappa shape index (κ1) is 21.5. The second-order valence-corrected chi connectivity index (χ2v) is 7.62. The molecule has 0 aliphatic carbocycles. The van der Waals surface area contributed by atoms with Gasteiger partial charge in [0.2, 0.25) is 0 Å². The maximum Gasteiger partial charge on any atom is 0.406 e. The lowest BCUT2D eigenvalue weighted by atomic mass is 10.1. The summed E-state index contributed by atoms with van der Waals surface area (Å²) in [6.07, 6.45) is -2.57. The Hall–Kier alpha value is -2.22. The van der Waals surface area contributed by atoms with Gasteiger partial charge in [0.1, 0.15) is 24.1 Å². The zero-order valence-corrected chi connectivity index (χ0v) is 17.0. The van der Waals surface area contributed by atoms with Gasteiger partial charge in [0, 0.05) is 30.0 Å². The van der Waals surface area contributed by atoms with Crippen molar-refractivity contribution in [3.8, 4) is 5.75 Å². The van der Waals surface area contributed by atoms with Crippen LogP contribution in [-0.4, -0.2) is 53.5 Å². The molecular weight excluding hydrogens is 385 g/mol. The molecular formula is C21H27F3N2O3. The number of hydrogen-bond acceptors (Lipinski definition) is 4. The Bertz CT molecular complexity index is 853. The Morgan fingerprint density at radius 1 is 1.21 bits per heavy atom. The Balaban J connectivity index is 1.83. The van der Waals surface area contributed by atoms with E-state index in [-0.39, 0.29) is 18.4 Å². The molecule has 0 bridgehead atoms. The molecule has 160 valence electrons. The Kier molecular flexibility index (Phi) is 6.41. The van der Waals surface area contributed by atoms with Crippen molar-refractivity contribution in [1.82, 2.24) is 9.47 Å². The number of halogens is 3. The van der Waals surface area contributed by atoms with Gasteiger partial charge in [0.25, 0.3) is 0 Å². The minimum Gasteiger partial charge on any atom is -0.490 e. The second kappa shape index (κ2) is 8.65. The van der Waals surface area contributed by atoms with E-state index in [4.69, 9.17) is 9.47 Å². The van der Waals surface area contributed by atoms with Crippen LogP contribution < -0.4 is 4.74 Å². The summed E-state index contributed by atoms with van der Waals surface area (Å²) in [6.45, 7) is 6.71. The molecule has 1 aliphatic rings. The van der Waals surface area contributed by atoms with Gasteiger partial charge in [-0.2, -0.15) is 13.2 Å². The number of esters is 1. The molecule has 2 aromatic rings. The molecule has 2 heterocycles. The van der Waals surface area contributed by atoms with Crippen LogP contribution in [0.3, 0.4) is 0 Å². The first-order chi connectivity index (χ1) is 13.7. The second-order valence-electron chi connectivity index (χ2n) is 7.62. The van der Waals surface area contributed by atoms with E-state index < -0.39 is 18.7 Å². The van der Waals surface area contributed by atoms with Gasteiger partial charge in [0.05, 0.1) is 6.61 Å². The van der Waals surface area contributed by atoms with Crippen molar-refractivity contribution in [2.75, 3.05) is 19.7 Å². The maximum absolute atomic E-state index is 13.1. The molecule has 5 nitrogen and oxygen atoms in total. The van der Waals surface area contributed by atoms with Gasteiger partial charge < -0.3 is 18.9 Å². The van der Waals surface area contributed by atoms with Crippen LogP contribution in [0, 0.1) is 0 Å². The van der Waals surface area contributed by atoms with Crippen molar-refractivity contribution < 1.29 is 27.4 Å². The molecule has 0 radical (unpaired) electrons. The molecule has 8 heteroatoms. The number of rotatable bonds is 6. The predicted octanol–water partition coefficient (Wildman–Crippen LogP) is 4.63. The Labute approximate surface area is 168 Å². The topological polar surface area (TPSA) is 43.7 Å². The van der Waals surface area contributed by atoms with E-state index >= 15 is 0 Å². The van der Waals surface area contributed by atoms with E-state index in [0.29, 0.717) is 22.7 Å². The summed E-state index contributed by atoms with van der Waals surface area (Å²) in [4.78, 5) is 14.6. The van der Waals surface area contributed by atoms with E-state index in [1.807, 2.05) is 0 Å². The lowest BCUT2D eigenvalue weighted by Crippen LogP contribution is -2.41. The van der Waals surface area contributed by atoms with Crippen molar-refractivity contribution in [2.45, 2.75) is 58.5 Å². The van der Waals surface area contributed by atoms with Crippen LogP contribution in [0.5, 0.6) is 5.75 Å².